The summed E-state index contributed by atoms with van der Waals surface area (Å²) in [5.74, 6) is -1.04. The van der Waals surface area contributed by atoms with Crippen molar-refractivity contribution in [3.8, 4) is 0 Å². The highest BCUT2D eigenvalue weighted by Crippen LogP contribution is 2.31. The first-order valence-electron chi connectivity index (χ1n) is 5.31. The fraction of sp³-hybridized carbons (Fsp3) is 0. The molecule has 0 unspecified atom stereocenters. The van der Waals surface area contributed by atoms with Crippen molar-refractivity contribution in [2.24, 2.45) is 5.10 Å². The third kappa shape index (κ3) is 1.93. The average molecular weight is 317 g/mol. The van der Waals surface area contributed by atoms with Crippen LogP contribution in [0.15, 0.2) is 21.8 Å². The number of hydrogen-bond donors (Lipinski definition) is 3. The first kappa shape index (κ1) is 12.0. The Kier molecular flexibility index (Phi) is 2.67. The number of hydrogen-bond acceptors (Lipinski definition) is 3. The summed E-state index contributed by atoms with van der Waals surface area (Å²) in [7, 11) is 5.08. The lowest BCUT2D eigenvalue weighted by Crippen LogP contribution is -2.17. The third-order valence-electron chi connectivity index (χ3n) is 2.76. The molecule has 3 N–H and O–H groups in total. The fourth-order valence-electron chi connectivity index (χ4n) is 2.06. The van der Waals surface area contributed by atoms with Gasteiger partial charge < -0.3 is 10.3 Å². The van der Waals surface area contributed by atoms with Crippen LogP contribution >= 0.6 is 15.9 Å². The number of anilines is 1. The summed E-state index contributed by atoms with van der Waals surface area (Å²) >= 11 is 3.37. The highest BCUT2D eigenvalue weighted by Gasteiger charge is 2.20. The largest absolute Gasteiger partial charge is 0.349 e. The molecule has 1 aliphatic heterocycles. The molecule has 2 heterocycles. The Morgan fingerprint density at radius 2 is 2.21 bits per heavy atom. The van der Waals surface area contributed by atoms with E-state index in [0.717, 1.165) is 10.9 Å². The van der Waals surface area contributed by atoms with Gasteiger partial charge in [-0.1, -0.05) is 0 Å². The van der Waals surface area contributed by atoms with Gasteiger partial charge in [0, 0.05) is 22.2 Å². The molecule has 8 heteroatoms. The molecule has 1 aromatic carbocycles. The fourth-order valence-corrected chi connectivity index (χ4v) is 2.57. The van der Waals surface area contributed by atoms with Gasteiger partial charge in [0.25, 0.3) is 5.91 Å². The van der Waals surface area contributed by atoms with Gasteiger partial charge in [0.05, 0.1) is 16.4 Å². The van der Waals surface area contributed by atoms with Crippen molar-refractivity contribution >= 4 is 58.3 Å². The number of aromatic nitrogens is 1. The highest BCUT2D eigenvalue weighted by atomic mass is 79.9. The van der Waals surface area contributed by atoms with E-state index in [2.05, 4.69) is 36.8 Å². The molecule has 1 aliphatic rings. The maximum Gasteiger partial charge on any atom is 0.272 e. The Balaban J connectivity index is 2.32. The van der Waals surface area contributed by atoms with Gasteiger partial charge in [-0.3, -0.25) is 9.59 Å². The molecule has 2 radical (unpaired) electrons. The van der Waals surface area contributed by atoms with Gasteiger partial charge in [0.2, 0.25) is 7.85 Å². The Labute approximate surface area is 117 Å². The predicted octanol–water partition coefficient (Wildman–Crippen LogP) is 1.71. The van der Waals surface area contributed by atoms with Crippen molar-refractivity contribution in [1.29, 1.82) is 0 Å². The van der Waals surface area contributed by atoms with Crippen molar-refractivity contribution in [3.05, 3.63) is 27.9 Å². The van der Waals surface area contributed by atoms with Gasteiger partial charge in [-0.25, -0.2) is 5.43 Å². The Hall–Kier alpha value is -2.09. The van der Waals surface area contributed by atoms with E-state index in [-0.39, 0.29) is 5.91 Å². The second-order valence-corrected chi connectivity index (χ2v) is 4.78. The number of carbonyl (C=O) groups is 2. The number of hydrazone groups is 1. The van der Waals surface area contributed by atoms with Crippen LogP contribution in [0.5, 0.6) is 0 Å². The van der Waals surface area contributed by atoms with Crippen LogP contribution in [0.4, 0.5) is 10.5 Å². The van der Waals surface area contributed by atoms with Gasteiger partial charge >= 0.3 is 0 Å². The number of nitrogens with zero attached hydrogens (tertiary/aromatic N) is 1. The Bertz CT molecular complexity index is 753. The molecular formula is C11H6BBrN4O2. The van der Waals surface area contributed by atoms with E-state index in [0.29, 0.717) is 21.4 Å². The predicted molar refractivity (Wildman–Crippen MR) is 75.8 cm³/mol. The summed E-state index contributed by atoms with van der Waals surface area (Å²) < 4.78 is 0.709. The van der Waals surface area contributed by atoms with Crippen LogP contribution in [-0.2, 0) is 0 Å². The summed E-state index contributed by atoms with van der Waals surface area (Å²) in [6, 6.07) is 3.26. The summed E-state index contributed by atoms with van der Waals surface area (Å²) in [6.45, 7) is 0. The quantitative estimate of drug-likeness (QED) is 0.699. The molecule has 0 saturated carbocycles. The van der Waals surface area contributed by atoms with Crippen molar-refractivity contribution < 1.29 is 9.59 Å². The number of carbonyl (C=O) groups excluding carboxylic acids is 2. The number of aromatic amines is 1. The third-order valence-corrected chi connectivity index (χ3v) is 3.39. The molecule has 0 bridgehead atoms. The molecule has 2 aromatic rings. The lowest BCUT2D eigenvalue weighted by molar-refractivity contribution is 0.0957. The maximum absolute atomic E-state index is 11.9. The molecule has 0 fully saturated rings. The molecule has 0 atom stereocenters. The van der Waals surface area contributed by atoms with E-state index in [1.165, 1.54) is 0 Å². The van der Waals surface area contributed by atoms with E-state index in [9.17, 15) is 9.59 Å². The highest BCUT2D eigenvalue weighted by molar-refractivity contribution is 9.10. The topological polar surface area (TPSA) is 86.3 Å². The minimum absolute atomic E-state index is 0.348. The van der Waals surface area contributed by atoms with E-state index in [1.807, 2.05) is 0 Å². The van der Waals surface area contributed by atoms with Crippen LogP contribution in [0.2, 0.25) is 0 Å². The molecule has 19 heavy (non-hydrogen) atoms. The number of halogens is 1. The van der Waals surface area contributed by atoms with Gasteiger partial charge in [-0.15, -0.1) is 0 Å². The van der Waals surface area contributed by atoms with Crippen LogP contribution in [0, 0.1) is 0 Å². The van der Waals surface area contributed by atoms with Crippen molar-refractivity contribution in [2.75, 3.05) is 5.32 Å². The van der Waals surface area contributed by atoms with Crippen LogP contribution in [0.3, 0.4) is 0 Å². The van der Waals surface area contributed by atoms with Crippen LogP contribution in [0.25, 0.3) is 10.9 Å². The number of amides is 2. The van der Waals surface area contributed by atoms with E-state index in [1.54, 1.807) is 18.3 Å². The minimum Gasteiger partial charge on any atom is -0.349 e. The SMILES string of the molecule is [B]C(=O)Nc1cc2c3c(c(Br)[nH]c3c1)C=NNC2=O. The van der Waals surface area contributed by atoms with Crippen molar-refractivity contribution in [3.63, 3.8) is 0 Å². The standard InChI is InChI=1S/C11H6BBrN4O2/c12-11(19)15-4-1-5-8-6(3-14-17-10(5)18)9(13)16-7(8)2-4/h1-3,16H,(H,15,19)(H,17,18). The van der Waals surface area contributed by atoms with Gasteiger partial charge in [0.15, 0.2) is 5.81 Å². The van der Waals surface area contributed by atoms with Crippen molar-refractivity contribution in [1.82, 2.24) is 10.4 Å². The summed E-state index contributed by atoms with van der Waals surface area (Å²) in [5.41, 5.74) is 4.72. The van der Waals surface area contributed by atoms with E-state index < -0.39 is 5.81 Å². The summed E-state index contributed by atoms with van der Waals surface area (Å²) in [6.07, 6.45) is 1.55. The second kappa shape index (κ2) is 4.23. The maximum atomic E-state index is 11.9. The molecule has 0 aliphatic carbocycles. The first-order chi connectivity index (χ1) is 9.06. The summed E-state index contributed by atoms with van der Waals surface area (Å²) in [5, 5.41) is 7.01. The van der Waals surface area contributed by atoms with Crippen LogP contribution in [0.1, 0.15) is 15.9 Å². The molecule has 0 spiro atoms. The van der Waals surface area contributed by atoms with Crippen LogP contribution in [-0.4, -0.2) is 30.8 Å². The Morgan fingerprint density at radius 3 is 2.95 bits per heavy atom. The molecule has 3 rings (SSSR count). The average Bonchev–Trinajstić information content (AvgIpc) is 2.52. The Morgan fingerprint density at radius 1 is 1.42 bits per heavy atom. The molecule has 2 amide bonds. The lowest BCUT2D eigenvalue weighted by Gasteiger charge is -2.06. The molecule has 1 aromatic heterocycles. The van der Waals surface area contributed by atoms with Crippen molar-refractivity contribution in [2.45, 2.75) is 0 Å². The van der Waals surface area contributed by atoms with E-state index in [4.69, 9.17) is 7.85 Å². The number of benzene rings is 1. The zero-order valence-corrected chi connectivity index (χ0v) is 11.0. The monoisotopic (exact) mass is 316 g/mol. The second-order valence-electron chi connectivity index (χ2n) is 3.99. The number of nitrogens with one attached hydrogen (secondary N) is 3. The molecule has 6 nitrogen and oxygen atoms in total. The zero-order chi connectivity index (χ0) is 13.6. The lowest BCUT2D eigenvalue weighted by atomic mass is 10.0. The smallest absolute Gasteiger partial charge is 0.272 e. The first-order valence-corrected chi connectivity index (χ1v) is 6.10. The number of H-pyrrole nitrogens is 1. The minimum atomic E-state index is -0.692. The van der Waals surface area contributed by atoms with Gasteiger partial charge in [-0.2, -0.15) is 5.10 Å². The zero-order valence-electron chi connectivity index (χ0n) is 9.45. The molecular weight excluding hydrogens is 311 g/mol. The molecule has 92 valence electrons. The van der Waals surface area contributed by atoms with Gasteiger partial charge in [0.1, 0.15) is 0 Å². The number of rotatable bonds is 1. The normalized spacial score (nSPS) is 13.2. The molecule has 0 saturated heterocycles. The van der Waals surface area contributed by atoms with Gasteiger partial charge in [-0.05, 0) is 28.1 Å². The van der Waals surface area contributed by atoms with Crippen LogP contribution < -0.4 is 10.7 Å². The summed E-state index contributed by atoms with van der Waals surface area (Å²) in [4.78, 5) is 25.9. The van der Waals surface area contributed by atoms with E-state index >= 15 is 0 Å².